The number of aromatic nitrogens is 3. The summed E-state index contributed by atoms with van der Waals surface area (Å²) in [5.74, 6) is 0. The second-order valence-electron chi connectivity index (χ2n) is 3.91. The fourth-order valence-corrected chi connectivity index (χ4v) is 2.43. The predicted molar refractivity (Wildman–Crippen MR) is 68.7 cm³/mol. The van der Waals surface area contributed by atoms with Gasteiger partial charge in [-0.2, -0.15) is 0 Å². The highest BCUT2D eigenvalue weighted by Crippen LogP contribution is 2.17. The van der Waals surface area contributed by atoms with Crippen molar-refractivity contribution < 1.29 is 4.92 Å². The van der Waals surface area contributed by atoms with E-state index in [4.69, 9.17) is 0 Å². The SMILES string of the molecule is Cc1nc(Cn2cc([N+](=O)[O-])c(=O)[nH]c2=O)sc1C. The van der Waals surface area contributed by atoms with E-state index >= 15 is 0 Å². The zero-order valence-electron chi connectivity index (χ0n) is 10.2. The topological polar surface area (TPSA) is 111 Å². The van der Waals surface area contributed by atoms with E-state index in [0.29, 0.717) is 5.01 Å². The number of hydrogen-bond donors (Lipinski definition) is 1. The molecule has 0 fully saturated rings. The third kappa shape index (κ3) is 2.60. The maximum atomic E-state index is 11.6. The maximum Gasteiger partial charge on any atom is 0.350 e. The molecule has 100 valence electrons. The number of hydrogen-bond acceptors (Lipinski definition) is 6. The Morgan fingerprint density at radius 3 is 2.68 bits per heavy atom. The average molecular weight is 282 g/mol. The average Bonchev–Trinajstić information content (AvgIpc) is 2.61. The minimum atomic E-state index is -1.00. The summed E-state index contributed by atoms with van der Waals surface area (Å²) in [6.45, 7) is 3.83. The van der Waals surface area contributed by atoms with Crippen LogP contribution in [0.3, 0.4) is 0 Å². The van der Waals surface area contributed by atoms with Gasteiger partial charge in [-0.3, -0.25) is 24.5 Å². The summed E-state index contributed by atoms with van der Waals surface area (Å²) < 4.78 is 1.07. The van der Waals surface area contributed by atoms with Gasteiger partial charge in [-0.15, -0.1) is 11.3 Å². The van der Waals surface area contributed by atoms with Crippen LogP contribution in [-0.4, -0.2) is 19.5 Å². The van der Waals surface area contributed by atoms with Gasteiger partial charge >= 0.3 is 16.9 Å². The summed E-state index contributed by atoms with van der Waals surface area (Å²) in [7, 11) is 0. The maximum absolute atomic E-state index is 11.6. The van der Waals surface area contributed by atoms with Crippen molar-refractivity contribution >= 4 is 17.0 Å². The first-order valence-electron chi connectivity index (χ1n) is 5.29. The van der Waals surface area contributed by atoms with Crippen LogP contribution in [0, 0.1) is 24.0 Å². The Bertz CT molecular complexity index is 738. The molecule has 0 saturated heterocycles. The van der Waals surface area contributed by atoms with Crippen molar-refractivity contribution in [1.82, 2.24) is 14.5 Å². The molecule has 0 radical (unpaired) electrons. The van der Waals surface area contributed by atoms with E-state index in [2.05, 4.69) is 4.98 Å². The summed E-state index contributed by atoms with van der Waals surface area (Å²) in [6.07, 6.45) is 0.938. The molecule has 9 heteroatoms. The molecule has 2 aromatic rings. The van der Waals surface area contributed by atoms with Crippen molar-refractivity contribution in [2.24, 2.45) is 0 Å². The Morgan fingerprint density at radius 1 is 1.47 bits per heavy atom. The molecule has 0 bridgehead atoms. The molecule has 19 heavy (non-hydrogen) atoms. The molecule has 2 aromatic heterocycles. The monoisotopic (exact) mass is 282 g/mol. The van der Waals surface area contributed by atoms with E-state index in [0.717, 1.165) is 21.3 Å². The van der Waals surface area contributed by atoms with Crippen molar-refractivity contribution in [3.63, 3.8) is 0 Å². The third-order valence-corrected chi connectivity index (χ3v) is 3.62. The molecule has 2 heterocycles. The molecule has 0 spiro atoms. The van der Waals surface area contributed by atoms with Crippen LogP contribution >= 0.6 is 11.3 Å². The standard InChI is InChI=1S/C10H10N4O4S/c1-5-6(2)19-8(11-5)4-13-3-7(14(17)18)9(15)12-10(13)16/h3H,4H2,1-2H3,(H,12,15,16). The van der Waals surface area contributed by atoms with E-state index in [1.807, 2.05) is 18.8 Å². The van der Waals surface area contributed by atoms with Crippen molar-refractivity contribution in [3.8, 4) is 0 Å². The summed E-state index contributed by atoms with van der Waals surface area (Å²) in [5.41, 5.74) is -1.50. The summed E-state index contributed by atoms with van der Waals surface area (Å²) in [5, 5.41) is 11.3. The van der Waals surface area contributed by atoms with Gasteiger partial charge in [0.2, 0.25) is 0 Å². The molecule has 2 rings (SSSR count). The van der Waals surface area contributed by atoms with Crippen LogP contribution in [-0.2, 0) is 6.54 Å². The van der Waals surface area contributed by atoms with E-state index < -0.39 is 21.9 Å². The van der Waals surface area contributed by atoms with Gasteiger partial charge in [-0.05, 0) is 13.8 Å². The number of aryl methyl sites for hydroxylation is 2. The predicted octanol–water partition coefficient (Wildman–Crippen LogP) is 0.566. The van der Waals surface area contributed by atoms with Gasteiger partial charge in [0.1, 0.15) is 5.01 Å². The van der Waals surface area contributed by atoms with Gasteiger partial charge in [0.15, 0.2) is 0 Å². The lowest BCUT2D eigenvalue weighted by Crippen LogP contribution is -2.31. The van der Waals surface area contributed by atoms with Crippen molar-refractivity contribution in [2.75, 3.05) is 0 Å². The summed E-state index contributed by atoms with van der Waals surface area (Å²) >= 11 is 1.40. The highest BCUT2D eigenvalue weighted by molar-refractivity contribution is 7.11. The minimum absolute atomic E-state index is 0.0931. The lowest BCUT2D eigenvalue weighted by Gasteiger charge is -2.01. The second kappa shape index (κ2) is 4.76. The van der Waals surface area contributed by atoms with Gasteiger partial charge in [0.25, 0.3) is 0 Å². The van der Waals surface area contributed by atoms with Crippen LogP contribution in [0.25, 0.3) is 0 Å². The zero-order valence-corrected chi connectivity index (χ0v) is 11.0. The normalized spacial score (nSPS) is 10.6. The number of rotatable bonds is 3. The molecule has 0 atom stereocenters. The number of H-pyrrole nitrogens is 1. The first kappa shape index (κ1) is 13.1. The molecular formula is C10H10N4O4S. The largest absolute Gasteiger partial charge is 0.350 e. The van der Waals surface area contributed by atoms with Gasteiger partial charge in [0.05, 0.1) is 23.4 Å². The van der Waals surface area contributed by atoms with E-state index in [1.54, 1.807) is 0 Å². The van der Waals surface area contributed by atoms with Crippen molar-refractivity contribution in [3.05, 3.63) is 52.7 Å². The molecule has 0 amide bonds. The van der Waals surface area contributed by atoms with Crippen LogP contribution in [0.2, 0.25) is 0 Å². The van der Waals surface area contributed by atoms with Crippen LogP contribution in [0.1, 0.15) is 15.6 Å². The fourth-order valence-electron chi connectivity index (χ4n) is 1.50. The Balaban J connectivity index is 2.45. The molecule has 0 aliphatic carbocycles. The highest BCUT2D eigenvalue weighted by atomic mass is 32.1. The van der Waals surface area contributed by atoms with Gasteiger partial charge < -0.3 is 0 Å². The lowest BCUT2D eigenvalue weighted by molar-refractivity contribution is -0.386. The summed E-state index contributed by atoms with van der Waals surface area (Å²) in [6, 6.07) is 0. The number of nitrogens with one attached hydrogen (secondary N) is 1. The lowest BCUT2D eigenvalue weighted by atomic mass is 10.4. The first-order chi connectivity index (χ1) is 8.88. The molecule has 1 N–H and O–H groups in total. The van der Waals surface area contributed by atoms with Gasteiger partial charge in [-0.1, -0.05) is 0 Å². The van der Waals surface area contributed by atoms with Crippen molar-refractivity contribution in [2.45, 2.75) is 20.4 Å². The van der Waals surface area contributed by atoms with Crippen LogP contribution < -0.4 is 11.2 Å². The van der Waals surface area contributed by atoms with Crippen LogP contribution in [0.15, 0.2) is 15.8 Å². The number of nitrogens with zero attached hydrogens (tertiary/aromatic N) is 3. The molecule has 0 aliphatic rings. The fraction of sp³-hybridized carbons (Fsp3) is 0.300. The Morgan fingerprint density at radius 2 is 2.16 bits per heavy atom. The molecule has 8 nitrogen and oxygen atoms in total. The molecule has 0 aromatic carbocycles. The summed E-state index contributed by atoms with van der Waals surface area (Å²) in [4.78, 5) is 39.8. The molecule has 0 saturated carbocycles. The van der Waals surface area contributed by atoms with Gasteiger partial charge in [-0.25, -0.2) is 9.78 Å². The first-order valence-corrected chi connectivity index (χ1v) is 6.11. The second-order valence-corrected chi connectivity index (χ2v) is 5.20. The highest BCUT2D eigenvalue weighted by Gasteiger charge is 2.15. The van der Waals surface area contributed by atoms with Crippen molar-refractivity contribution in [1.29, 1.82) is 0 Å². The van der Waals surface area contributed by atoms with E-state index in [-0.39, 0.29) is 6.54 Å². The van der Waals surface area contributed by atoms with E-state index in [9.17, 15) is 19.7 Å². The van der Waals surface area contributed by atoms with Crippen LogP contribution in [0.5, 0.6) is 0 Å². The number of thiazole rings is 1. The Kier molecular flexibility index (Phi) is 3.30. The quantitative estimate of drug-likeness (QED) is 0.653. The Labute approximate surface area is 110 Å². The minimum Gasteiger partial charge on any atom is -0.287 e. The molecular weight excluding hydrogens is 272 g/mol. The van der Waals surface area contributed by atoms with E-state index in [1.165, 1.54) is 11.3 Å². The molecule has 0 aliphatic heterocycles. The number of nitro groups is 1. The molecule has 0 unspecified atom stereocenters. The smallest absolute Gasteiger partial charge is 0.287 e. The number of aromatic amines is 1. The van der Waals surface area contributed by atoms with Gasteiger partial charge in [0, 0.05) is 4.88 Å². The Hall–Kier alpha value is -2.29. The third-order valence-electron chi connectivity index (χ3n) is 2.57. The zero-order chi connectivity index (χ0) is 14.2. The van der Waals surface area contributed by atoms with Crippen LogP contribution in [0.4, 0.5) is 5.69 Å².